The molecule has 0 saturated carbocycles. The number of nitrogens with zero attached hydrogens (tertiary/aromatic N) is 2. The van der Waals surface area contributed by atoms with Crippen molar-refractivity contribution in [2.75, 3.05) is 5.75 Å². The zero-order valence-electron chi connectivity index (χ0n) is 13.3. The Hall–Kier alpha value is -2.29. The second-order valence-electron chi connectivity index (χ2n) is 5.80. The summed E-state index contributed by atoms with van der Waals surface area (Å²) in [6.07, 6.45) is 1.53. The van der Waals surface area contributed by atoms with Crippen molar-refractivity contribution in [2.24, 2.45) is 0 Å². The molecule has 2 aromatic heterocycles. The smallest absolute Gasteiger partial charge is 0.321 e. The number of hydrogen-bond acceptors (Lipinski definition) is 7. The molecular formula is C14H18N4O4S. The molecule has 0 aromatic carbocycles. The fourth-order valence-corrected chi connectivity index (χ4v) is 2.21. The number of rotatable bonds is 4. The van der Waals surface area contributed by atoms with Crippen molar-refractivity contribution >= 4 is 23.7 Å². The third kappa shape index (κ3) is 5.13. The molecule has 0 spiro atoms. The molecule has 2 rings (SSSR count). The molecule has 2 N–H and O–H groups in total. The maximum atomic E-state index is 11.7. The van der Waals surface area contributed by atoms with Crippen molar-refractivity contribution < 1.29 is 18.4 Å². The average Bonchev–Trinajstić information content (AvgIpc) is 3.02. The number of nitrogens with one attached hydrogen (secondary N) is 2. The fourth-order valence-electron chi connectivity index (χ4n) is 1.65. The number of amides is 3. The fraction of sp³-hybridized carbons (Fsp3) is 0.429. The van der Waals surface area contributed by atoms with Crippen LogP contribution >= 0.6 is 11.8 Å². The number of aromatic nitrogens is 2. The lowest BCUT2D eigenvalue weighted by Gasteiger charge is -2.20. The van der Waals surface area contributed by atoms with Gasteiger partial charge in [-0.1, -0.05) is 11.8 Å². The van der Waals surface area contributed by atoms with Gasteiger partial charge in [0.15, 0.2) is 0 Å². The van der Waals surface area contributed by atoms with Crippen LogP contribution in [0, 0.1) is 6.92 Å². The van der Waals surface area contributed by atoms with Crippen LogP contribution in [0.5, 0.6) is 0 Å². The van der Waals surface area contributed by atoms with Crippen molar-refractivity contribution in [3.05, 3.63) is 18.1 Å². The van der Waals surface area contributed by atoms with Gasteiger partial charge in [0.1, 0.15) is 5.76 Å². The predicted molar refractivity (Wildman–Crippen MR) is 83.9 cm³/mol. The summed E-state index contributed by atoms with van der Waals surface area (Å²) in [5, 5.41) is 12.9. The van der Waals surface area contributed by atoms with Gasteiger partial charge in [0, 0.05) is 5.54 Å². The van der Waals surface area contributed by atoms with Gasteiger partial charge in [0.05, 0.1) is 17.6 Å². The van der Waals surface area contributed by atoms with Crippen LogP contribution in [0.2, 0.25) is 0 Å². The van der Waals surface area contributed by atoms with E-state index in [1.165, 1.54) is 6.26 Å². The second-order valence-corrected chi connectivity index (χ2v) is 6.73. The van der Waals surface area contributed by atoms with Crippen LogP contribution in [-0.2, 0) is 4.79 Å². The van der Waals surface area contributed by atoms with E-state index < -0.39 is 17.5 Å². The minimum Gasteiger partial charge on any atom is -0.469 e. The third-order valence-corrected chi connectivity index (χ3v) is 3.38. The first kappa shape index (κ1) is 17.1. The Morgan fingerprint density at radius 1 is 1.30 bits per heavy atom. The van der Waals surface area contributed by atoms with E-state index in [9.17, 15) is 9.59 Å². The molecule has 0 saturated heterocycles. The summed E-state index contributed by atoms with van der Waals surface area (Å²) in [4.78, 5) is 23.3. The van der Waals surface area contributed by atoms with Gasteiger partial charge in [-0.3, -0.25) is 10.1 Å². The number of carbonyl (C=O) groups is 2. The van der Waals surface area contributed by atoms with Crippen LogP contribution in [0.1, 0.15) is 26.5 Å². The van der Waals surface area contributed by atoms with Gasteiger partial charge in [-0.25, -0.2) is 4.79 Å². The number of aryl methyl sites for hydroxylation is 1. The second kappa shape index (κ2) is 6.86. The first-order valence-corrected chi connectivity index (χ1v) is 7.86. The topological polar surface area (TPSA) is 110 Å². The van der Waals surface area contributed by atoms with E-state index in [-0.39, 0.29) is 11.0 Å². The van der Waals surface area contributed by atoms with E-state index >= 15 is 0 Å². The summed E-state index contributed by atoms with van der Waals surface area (Å²) in [5.41, 5.74) is 0.291. The molecule has 124 valence electrons. The Morgan fingerprint density at radius 2 is 2.04 bits per heavy atom. The molecule has 0 atom stereocenters. The van der Waals surface area contributed by atoms with Crippen molar-refractivity contribution in [3.63, 3.8) is 0 Å². The van der Waals surface area contributed by atoms with Crippen molar-refractivity contribution in [1.82, 2.24) is 20.8 Å². The Morgan fingerprint density at radius 3 is 2.65 bits per heavy atom. The van der Waals surface area contributed by atoms with Crippen LogP contribution in [0.15, 0.2) is 26.4 Å². The molecule has 8 nitrogen and oxygen atoms in total. The van der Waals surface area contributed by atoms with Gasteiger partial charge in [-0.15, -0.1) is 10.2 Å². The van der Waals surface area contributed by atoms with Crippen molar-refractivity contribution in [2.45, 2.75) is 38.5 Å². The Bertz CT molecular complexity index is 702. The SMILES string of the molecule is Cc1occc1-c1nnc(SCC(=O)NC(=O)NC(C)(C)C)o1. The lowest BCUT2D eigenvalue weighted by Crippen LogP contribution is -2.48. The van der Waals surface area contributed by atoms with Gasteiger partial charge < -0.3 is 14.2 Å². The molecule has 23 heavy (non-hydrogen) atoms. The van der Waals surface area contributed by atoms with E-state index in [1.54, 1.807) is 13.0 Å². The average molecular weight is 338 g/mol. The highest BCUT2D eigenvalue weighted by Crippen LogP contribution is 2.26. The molecule has 0 aliphatic rings. The number of imide groups is 1. The van der Waals surface area contributed by atoms with Crippen LogP contribution in [0.4, 0.5) is 4.79 Å². The molecule has 0 aliphatic carbocycles. The predicted octanol–water partition coefficient (Wildman–Crippen LogP) is 2.35. The highest BCUT2D eigenvalue weighted by molar-refractivity contribution is 7.99. The summed E-state index contributed by atoms with van der Waals surface area (Å²) < 4.78 is 10.6. The zero-order valence-corrected chi connectivity index (χ0v) is 14.1. The number of carbonyl (C=O) groups excluding carboxylic acids is 2. The van der Waals surface area contributed by atoms with Crippen molar-refractivity contribution in [1.29, 1.82) is 0 Å². The van der Waals surface area contributed by atoms with E-state index in [0.29, 0.717) is 17.2 Å². The minimum absolute atomic E-state index is 0.0104. The summed E-state index contributed by atoms with van der Waals surface area (Å²) >= 11 is 1.05. The summed E-state index contributed by atoms with van der Waals surface area (Å²) in [6, 6.07) is 1.18. The largest absolute Gasteiger partial charge is 0.469 e. The maximum Gasteiger partial charge on any atom is 0.321 e. The first-order valence-electron chi connectivity index (χ1n) is 6.87. The molecule has 0 aliphatic heterocycles. The number of urea groups is 1. The summed E-state index contributed by atoms with van der Waals surface area (Å²) in [7, 11) is 0. The molecule has 3 amide bonds. The number of furan rings is 1. The van der Waals surface area contributed by atoms with Crippen LogP contribution in [0.25, 0.3) is 11.5 Å². The number of thioether (sulfide) groups is 1. The molecule has 2 heterocycles. The highest BCUT2D eigenvalue weighted by atomic mass is 32.2. The quantitative estimate of drug-likeness (QED) is 0.823. The Balaban J connectivity index is 1.85. The Labute approximate surface area is 137 Å². The minimum atomic E-state index is -0.539. The summed E-state index contributed by atoms with van der Waals surface area (Å²) in [6.45, 7) is 7.25. The van der Waals surface area contributed by atoms with Gasteiger partial charge in [-0.05, 0) is 33.8 Å². The third-order valence-electron chi connectivity index (χ3n) is 2.56. The van der Waals surface area contributed by atoms with Crippen LogP contribution < -0.4 is 10.6 Å². The monoisotopic (exact) mass is 338 g/mol. The molecular weight excluding hydrogens is 320 g/mol. The number of hydrogen-bond donors (Lipinski definition) is 2. The first-order chi connectivity index (χ1) is 10.7. The van der Waals surface area contributed by atoms with Gasteiger partial charge in [-0.2, -0.15) is 0 Å². The van der Waals surface area contributed by atoms with Gasteiger partial charge in [0.25, 0.3) is 11.1 Å². The highest BCUT2D eigenvalue weighted by Gasteiger charge is 2.17. The zero-order chi connectivity index (χ0) is 17.0. The van der Waals surface area contributed by atoms with Crippen LogP contribution in [0.3, 0.4) is 0 Å². The Kier molecular flexibility index (Phi) is 5.09. The maximum absolute atomic E-state index is 11.7. The van der Waals surface area contributed by atoms with E-state index in [1.807, 2.05) is 20.8 Å². The van der Waals surface area contributed by atoms with E-state index in [0.717, 1.165) is 11.8 Å². The molecule has 0 radical (unpaired) electrons. The van der Waals surface area contributed by atoms with Gasteiger partial charge >= 0.3 is 6.03 Å². The lowest BCUT2D eigenvalue weighted by molar-refractivity contribution is -0.117. The standard InChI is InChI=1S/C14H18N4O4S/c1-8-9(5-6-21-8)11-17-18-13(22-11)23-7-10(19)15-12(20)16-14(2,3)4/h5-6H,7H2,1-4H3,(H2,15,16,19,20). The molecule has 9 heteroatoms. The molecule has 0 bridgehead atoms. The lowest BCUT2D eigenvalue weighted by atomic mass is 10.1. The molecule has 0 unspecified atom stereocenters. The van der Waals surface area contributed by atoms with Crippen molar-refractivity contribution in [3.8, 4) is 11.5 Å². The normalized spacial score (nSPS) is 11.3. The van der Waals surface area contributed by atoms with E-state index in [2.05, 4.69) is 20.8 Å². The van der Waals surface area contributed by atoms with Gasteiger partial charge in [0.2, 0.25) is 5.91 Å². The molecule has 2 aromatic rings. The summed E-state index contributed by atoms with van der Waals surface area (Å²) in [5.74, 6) is 0.534. The molecule has 0 fully saturated rings. The van der Waals surface area contributed by atoms with E-state index in [4.69, 9.17) is 8.83 Å². The van der Waals surface area contributed by atoms with Crippen LogP contribution in [-0.4, -0.2) is 33.4 Å².